The third kappa shape index (κ3) is 4.78. The molecule has 0 aliphatic carbocycles. The second kappa shape index (κ2) is 8.79. The fourth-order valence-corrected chi connectivity index (χ4v) is 3.06. The van der Waals surface area contributed by atoms with Crippen molar-refractivity contribution in [3.8, 4) is 16.9 Å². The summed E-state index contributed by atoms with van der Waals surface area (Å²) in [5.41, 5.74) is 4.62. The van der Waals surface area contributed by atoms with Crippen molar-refractivity contribution in [1.82, 2.24) is 19.9 Å². The van der Waals surface area contributed by atoms with Crippen molar-refractivity contribution in [2.75, 3.05) is 0 Å². The molecular weight excluding hydrogens is 392 g/mol. The van der Waals surface area contributed by atoms with Gasteiger partial charge in [0.15, 0.2) is 11.9 Å². The Morgan fingerprint density at radius 2 is 1.84 bits per heavy atom. The first-order valence-electron chi connectivity index (χ1n) is 9.90. The highest BCUT2D eigenvalue weighted by molar-refractivity contribution is 5.88. The molecule has 0 aliphatic heterocycles. The predicted molar refractivity (Wildman–Crippen MR) is 116 cm³/mol. The lowest BCUT2D eigenvalue weighted by Crippen LogP contribution is -2.06. The highest BCUT2D eigenvalue weighted by Crippen LogP contribution is 2.25. The van der Waals surface area contributed by atoms with Gasteiger partial charge < -0.3 is 9.26 Å². The summed E-state index contributed by atoms with van der Waals surface area (Å²) in [6.07, 6.45) is 4.33. The van der Waals surface area contributed by atoms with Gasteiger partial charge in [-0.05, 0) is 39.0 Å². The van der Waals surface area contributed by atoms with E-state index in [0.717, 1.165) is 28.1 Å². The molecule has 1 unspecified atom stereocenters. The molecule has 0 amide bonds. The van der Waals surface area contributed by atoms with Gasteiger partial charge >= 0.3 is 5.97 Å². The van der Waals surface area contributed by atoms with Gasteiger partial charge in [0.05, 0.1) is 11.4 Å². The Hall–Kier alpha value is -4.00. The Balaban J connectivity index is 1.60. The summed E-state index contributed by atoms with van der Waals surface area (Å²) in [5.74, 6) is 0.242. The minimum atomic E-state index is -0.637. The van der Waals surface area contributed by atoms with Gasteiger partial charge in [-0.2, -0.15) is 10.1 Å². The predicted octanol–water partition coefficient (Wildman–Crippen LogP) is 4.86. The first kappa shape index (κ1) is 20.3. The van der Waals surface area contributed by atoms with Gasteiger partial charge in [-0.1, -0.05) is 53.2 Å². The lowest BCUT2D eigenvalue weighted by atomic mass is 10.1. The standard InChI is InChI=1S/C24H22N4O3/c1-16-9-11-19(12-10-16)23-20(15-28(26-23)21-7-5-4-6-8-21)13-14-22(29)30-17(2)24-25-18(3)27-31-24/h4-15,17H,1-3H3/b14-13+. The quantitative estimate of drug-likeness (QED) is 0.331. The molecule has 0 saturated carbocycles. The number of aryl methyl sites for hydroxylation is 2. The summed E-state index contributed by atoms with van der Waals surface area (Å²) in [4.78, 5) is 16.4. The van der Waals surface area contributed by atoms with E-state index in [1.165, 1.54) is 6.08 Å². The average molecular weight is 414 g/mol. The third-order valence-corrected chi connectivity index (χ3v) is 4.67. The topological polar surface area (TPSA) is 83.0 Å². The van der Waals surface area contributed by atoms with Crippen molar-refractivity contribution in [3.05, 3.63) is 89.7 Å². The van der Waals surface area contributed by atoms with Gasteiger partial charge in [-0.3, -0.25) is 0 Å². The number of carbonyl (C=O) groups excluding carboxylic acids is 1. The first-order chi connectivity index (χ1) is 15.0. The summed E-state index contributed by atoms with van der Waals surface area (Å²) in [6, 6.07) is 17.9. The molecule has 2 aromatic carbocycles. The van der Waals surface area contributed by atoms with Gasteiger partial charge in [0.25, 0.3) is 5.89 Å². The maximum atomic E-state index is 12.4. The SMILES string of the molecule is Cc1ccc(-c2nn(-c3ccccc3)cc2/C=C/C(=O)OC(C)c2nc(C)no2)cc1. The molecule has 156 valence electrons. The minimum Gasteiger partial charge on any atom is -0.449 e. The van der Waals surface area contributed by atoms with Crippen molar-refractivity contribution < 1.29 is 14.1 Å². The summed E-state index contributed by atoms with van der Waals surface area (Å²) in [6.45, 7) is 5.43. The summed E-state index contributed by atoms with van der Waals surface area (Å²) >= 11 is 0. The van der Waals surface area contributed by atoms with Crippen molar-refractivity contribution in [1.29, 1.82) is 0 Å². The second-order valence-corrected chi connectivity index (χ2v) is 7.17. The van der Waals surface area contributed by atoms with E-state index in [1.54, 1.807) is 24.6 Å². The monoisotopic (exact) mass is 414 g/mol. The highest BCUT2D eigenvalue weighted by atomic mass is 16.6. The highest BCUT2D eigenvalue weighted by Gasteiger charge is 2.17. The van der Waals surface area contributed by atoms with E-state index in [-0.39, 0.29) is 5.89 Å². The van der Waals surface area contributed by atoms with Crippen LogP contribution in [0.1, 0.15) is 35.9 Å². The molecule has 4 aromatic rings. The zero-order valence-corrected chi connectivity index (χ0v) is 17.5. The molecule has 4 rings (SSSR count). The van der Waals surface area contributed by atoms with Crippen LogP contribution < -0.4 is 0 Å². The molecule has 0 spiro atoms. The van der Waals surface area contributed by atoms with Crippen molar-refractivity contribution >= 4 is 12.0 Å². The number of benzene rings is 2. The fraction of sp³-hybridized carbons (Fsp3) is 0.167. The first-order valence-corrected chi connectivity index (χ1v) is 9.90. The van der Waals surface area contributed by atoms with Crippen LogP contribution in [0.25, 0.3) is 23.0 Å². The molecule has 7 nitrogen and oxygen atoms in total. The van der Waals surface area contributed by atoms with Crippen LogP contribution in [0.4, 0.5) is 0 Å². The van der Waals surface area contributed by atoms with Crippen LogP contribution in [0.15, 0.2) is 71.4 Å². The molecule has 0 bridgehead atoms. The zero-order chi connectivity index (χ0) is 21.8. The van der Waals surface area contributed by atoms with Crippen LogP contribution in [0.2, 0.25) is 0 Å². The molecule has 31 heavy (non-hydrogen) atoms. The summed E-state index contributed by atoms with van der Waals surface area (Å²) < 4.78 is 12.2. The number of ether oxygens (including phenoxy) is 1. The molecule has 0 aliphatic rings. The van der Waals surface area contributed by atoms with Gasteiger partial charge in [0, 0.05) is 23.4 Å². The van der Waals surface area contributed by atoms with Crippen molar-refractivity contribution in [3.63, 3.8) is 0 Å². The van der Waals surface area contributed by atoms with Crippen LogP contribution in [0.3, 0.4) is 0 Å². The molecule has 0 N–H and O–H groups in total. The fourth-order valence-electron chi connectivity index (χ4n) is 3.06. The molecule has 0 saturated heterocycles. The number of para-hydroxylation sites is 1. The van der Waals surface area contributed by atoms with E-state index in [9.17, 15) is 4.79 Å². The van der Waals surface area contributed by atoms with Crippen LogP contribution in [0, 0.1) is 13.8 Å². The number of carbonyl (C=O) groups is 1. The van der Waals surface area contributed by atoms with Crippen LogP contribution in [-0.2, 0) is 9.53 Å². The number of rotatable bonds is 6. The normalized spacial score (nSPS) is 12.2. The van der Waals surface area contributed by atoms with Gasteiger partial charge in [-0.25, -0.2) is 9.48 Å². The lowest BCUT2D eigenvalue weighted by Gasteiger charge is -2.06. The lowest BCUT2D eigenvalue weighted by molar-refractivity contribution is -0.143. The number of aromatic nitrogens is 4. The number of nitrogens with zero attached hydrogens (tertiary/aromatic N) is 4. The third-order valence-electron chi connectivity index (χ3n) is 4.67. The van der Waals surface area contributed by atoms with Gasteiger partial charge in [-0.15, -0.1) is 0 Å². The van der Waals surface area contributed by atoms with Crippen molar-refractivity contribution in [2.45, 2.75) is 26.9 Å². The largest absolute Gasteiger partial charge is 0.449 e. The smallest absolute Gasteiger partial charge is 0.331 e. The van der Waals surface area contributed by atoms with E-state index in [4.69, 9.17) is 14.4 Å². The summed E-state index contributed by atoms with van der Waals surface area (Å²) in [7, 11) is 0. The molecule has 1 atom stereocenters. The molecule has 2 heterocycles. The number of hydrogen-bond donors (Lipinski definition) is 0. The zero-order valence-electron chi connectivity index (χ0n) is 17.5. The maximum absolute atomic E-state index is 12.4. The van der Waals surface area contributed by atoms with Gasteiger partial charge in [0.2, 0.25) is 0 Å². The van der Waals surface area contributed by atoms with Crippen LogP contribution in [0.5, 0.6) is 0 Å². The van der Waals surface area contributed by atoms with E-state index in [0.29, 0.717) is 5.82 Å². The molecule has 2 aromatic heterocycles. The van der Waals surface area contributed by atoms with E-state index in [1.807, 2.05) is 67.7 Å². The van der Waals surface area contributed by atoms with Crippen LogP contribution >= 0.6 is 0 Å². The van der Waals surface area contributed by atoms with Crippen LogP contribution in [-0.4, -0.2) is 25.9 Å². The van der Waals surface area contributed by atoms with Crippen molar-refractivity contribution in [2.24, 2.45) is 0 Å². The Morgan fingerprint density at radius 3 is 2.52 bits per heavy atom. The average Bonchev–Trinajstić information content (AvgIpc) is 3.40. The Bertz CT molecular complexity index is 1210. The van der Waals surface area contributed by atoms with Gasteiger partial charge in [0.1, 0.15) is 0 Å². The van der Waals surface area contributed by atoms with E-state index >= 15 is 0 Å². The van der Waals surface area contributed by atoms with E-state index in [2.05, 4.69) is 10.1 Å². The van der Waals surface area contributed by atoms with E-state index < -0.39 is 12.1 Å². The number of esters is 1. The Labute approximate surface area is 180 Å². The summed E-state index contributed by atoms with van der Waals surface area (Å²) in [5, 5.41) is 8.46. The Morgan fingerprint density at radius 1 is 1.10 bits per heavy atom. The Kier molecular flexibility index (Phi) is 5.75. The molecule has 0 radical (unpaired) electrons. The molecule has 0 fully saturated rings. The molecule has 7 heteroatoms. The minimum absolute atomic E-state index is 0.261. The molecular formula is C24H22N4O3. The second-order valence-electron chi connectivity index (χ2n) is 7.17. The number of hydrogen-bond acceptors (Lipinski definition) is 6. The maximum Gasteiger partial charge on any atom is 0.331 e.